The van der Waals surface area contributed by atoms with Crippen LogP contribution in [0.15, 0.2) is 24.3 Å². The maximum atomic E-state index is 5.91. The van der Waals surface area contributed by atoms with Gasteiger partial charge in [-0.2, -0.15) is 0 Å². The van der Waals surface area contributed by atoms with Crippen molar-refractivity contribution in [3.05, 3.63) is 33.4 Å². The molecular formula is C15H22INO. The summed E-state index contributed by atoms with van der Waals surface area (Å²) in [6.07, 6.45) is 1.45. The molecule has 2 atom stereocenters. The summed E-state index contributed by atoms with van der Waals surface area (Å²) < 4.78 is 7.19. The summed E-state index contributed by atoms with van der Waals surface area (Å²) in [5.74, 6) is 1.33. The molecule has 0 spiro atoms. The molecule has 1 aromatic rings. The average Bonchev–Trinajstić information content (AvgIpc) is 2.78. The van der Waals surface area contributed by atoms with Crippen LogP contribution < -0.4 is 5.32 Å². The molecule has 1 fully saturated rings. The summed E-state index contributed by atoms with van der Waals surface area (Å²) in [5, 5.41) is 3.56. The minimum atomic E-state index is 0.279. The van der Waals surface area contributed by atoms with Crippen LogP contribution in [0.2, 0.25) is 0 Å². The Morgan fingerprint density at radius 3 is 2.72 bits per heavy atom. The number of rotatable bonds is 5. The van der Waals surface area contributed by atoms with Gasteiger partial charge in [-0.1, -0.05) is 26.0 Å². The molecule has 1 N–H and O–H groups in total. The molecule has 0 bridgehead atoms. The summed E-state index contributed by atoms with van der Waals surface area (Å²) in [4.78, 5) is 0. The Kier molecular flexibility index (Phi) is 5.45. The zero-order chi connectivity index (χ0) is 13.0. The smallest absolute Gasteiger partial charge is 0.0866 e. The lowest BCUT2D eigenvalue weighted by atomic mass is 9.95. The fourth-order valence-electron chi connectivity index (χ4n) is 2.42. The Hall–Kier alpha value is -0.130. The molecule has 18 heavy (non-hydrogen) atoms. The third-order valence-corrected chi connectivity index (χ3v) is 4.09. The maximum absolute atomic E-state index is 5.91. The van der Waals surface area contributed by atoms with Crippen molar-refractivity contribution in [1.82, 2.24) is 5.32 Å². The average molecular weight is 359 g/mol. The molecule has 2 rings (SSSR count). The van der Waals surface area contributed by atoms with Crippen molar-refractivity contribution in [2.24, 2.45) is 11.8 Å². The highest BCUT2D eigenvalue weighted by Crippen LogP contribution is 2.34. The van der Waals surface area contributed by atoms with Crippen LogP contribution in [0, 0.1) is 15.4 Å². The third kappa shape index (κ3) is 3.93. The number of hydrogen-bond acceptors (Lipinski definition) is 2. The van der Waals surface area contributed by atoms with Gasteiger partial charge in [-0.25, -0.2) is 0 Å². The predicted molar refractivity (Wildman–Crippen MR) is 83.7 cm³/mol. The van der Waals surface area contributed by atoms with Crippen molar-refractivity contribution in [2.45, 2.75) is 26.4 Å². The molecule has 0 amide bonds. The summed E-state index contributed by atoms with van der Waals surface area (Å²) in [5.41, 5.74) is 1.32. The molecule has 1 aromatic carbocycles. The van der Waals surface area contributed by atoms with Crippen LogP contribution in [0.4, 0.5) is 0 Å². The standard InChI is InChI=1S/C15H22INO/c1-11(2)9-17-10-13-7-8-18-15(13)12-3-5-14(16)6-4-12/h3-6,11,13,15,17H,7-10H2,1-2H3. The van der Waals surface area contributed by atoms with E-state index in [1.54, 1.807) is 0 Å². The van der Waals surface area contributed by atoms with E-state index < -0.39 is 0 Å². The van der Waals surface area contributed by atoms with Crippen LogP contribution in [0.5, 0.6) is 0 Å². The van der Waals surface area contributed by atoms with Crippen LogP contribution in [0.25, 0.3) is 0 Å². The van der Waals surface area contributed by atoms with E-state index in [9.17, 15) is 0 Å². The number of halogens is 1. The van der Waals surface area contributed by atoms with Crippen LogP contribution in [0.1, 0.15) is 31.9 Å². The van der Waals surface area contributed by atoms with Crippen molar-refractivity contribution in [3.8, 4) is 0 Å². The number of nitrogens with one attached hydrogen (secondary N) is 1. The molecule has 1 aliphatic rings. The van der Waals surface area contributed by atoms with E-state index in [1.807, 2.05) is 0 Å². The van der Waals surface area contributed by atoms with Gasteiger partial charge in [0, 0.05) is 22.6 Å². The first-order valence-corrected chi connectivity index (χ1v) is 7.82. The second-order valence-corrected chi connectivity index (χ2v) is 6.69. The van der Waals surface area contributed by atoms with Crippen molar-refractivity contribution >= 4 is 22.6 Å². The second-order valence-electron chi connectivity index (χ2n) is 5.44. The summed E-state index contributed by atoms with van der Waals surface area (Å²) in [6, 6.07) is 8.73. The Morgan fingerprint density at radius 2 is 2.06 bits per heavy atom. The highest BCUT2D eigenvalue weighted by molar-refractivity contribution is 14.1. The molecule has 0 aromatic heterocycles. The van der Waals surface area contributed by atoms with Gasteiger partial charge >= 0.3 is 0 Å². The molecular weight excluding hydrogens is 337 g/mol. The van der Waals surface area contributed by atoms with E-state index in [1.165, 1.54) is 15.6 Å². The van der Waals surface area contributed by atoms with Crippen molar-refractivity contribution in [1.29, 1.82) is 0 Å². The van der Waals surface area contributed by atoms with Gasteiger partial charge in [-0.05, 0) is 59.2 Å². The van der Waals surface area contributed by atoms with Gasteiger partial charge in [0.1, 0.15) is 0 Å². The van der Waals surface area contributed by atoms with E-state index in [0.717, 1.165) is 19.7 Å². The minimum Gasteiger partial charge on any atom is -0.373 e. The highest BCUT2D eigenvalue weighted by Gasteiger charge is 2.29. The normalized spacial score (nSPS) is 23.8. The molecule has 2 unspecified atom stereocenters. The van der Waals surface area contributed by atoms with Gasteiger partial charge in [0.2, 0.25) is 0 Å². The molecule has 0 saturated carbocycles. The quantitative estimate of drug-likeness (QED) is 0.811. The second kappa shape index (κ2) is 6.87. The zero-order valence-electron chi connectivity index (χ0n) is 11.2. The van der Waals surface area contributed by atoms with Gasteiger partial charge in [0.05, 0.1) is 6.10 Å². The molecule has 1 saturated heterocycles. The maximum Gasteiger partial charge on any atom is 0.0866 e. The van der Waals surface area contributed by atoms with E-state index in [2.05, 4.69) is 66.0 Å². The lowest BCUT2D eigenvalue weighted by molar-refractivity contribution is 0.0903. The van der Waals surface area contributed by atoms with Crippen LogP contribution in [-0.4, -0.2) is 19.7 Å². The van der Waals surface area contributed by atoms with E-state index in [4.69, 9.17) is 4.74 Å². The van der Waals surface area contributed by atoms with E-state index >= 15 is 0 Å². The van der Waals surface area contributed by atoms with Crippen molar-refractivity contribution in [3.63, 3.8) is 0 Å². The summed E-state index contributed by atoms with van der Waals surface area (Å²) in [6.45, 7) is 7.54. The molecule has 0 radical (unpaired) electrons. The molecule has 100 valence electrons. The first-order valence-electron chi connectivity index (χ1n) is 6.74. The molecule has 3 heteroatoms. The van der Waals surface area contributed by atoms with Crippen LogP contribution in [-0.2, 0) is 4.74 Å². The Bertz CT molecular complexity index is 363. The summed E-state index contributed by atoms with van der Waals surface area (Å²) in [7, 11) is 0. The van der Waals surface area contributed by atoms with Gasteiger partial charge in [0.25, 0.3) is 0 Å². The fraction of sp³-hybridized carbons (Fsp3) is 0.600. The third-order valence-electron chi connectivity index (χ3n) is 3.37. The van der Waals surface area contributed by atoms with Crippen LogP contribution >= 0.6 is 22.6 Å². The number of benzene rings is 1. The molecule has 2 nitrogen and oxygen atoms in total. The number of ether oxygens (including phenoxy) is 1. The Morgan fingerprint density at radius 1 is 1.33 bits per heavy atom. The fourth-order valence-corrected chi connectivity index (χ4v) is 2.78. The topological polar surface area (TPSA) is 21.3 Å². The van der Waals surface area contributed by atoms with Crippen molar-refractivity contribution < 1.29 is 4.74 Å². The predicted octanol–water partition coefficient (Wildman–Crippen LogP) is 3.61. The van der Waals surface area contributed by atoms with E-state index in [-0.39, 0.29) is 6.10 Å². The first-order chi connectivity index (χ1) is 8.66. The van der Waals surface area contributed by atoms with Crippen molar-refractivity contribution in [2.75, 3.05) is 19.7 Å². The Labute approximate surface area is 124 Å². The van der Waals surface area contributed by atoms with Crippen LogP contribution in [0.3, 0.4) is 0 Å². The highest BCUT2D eigenvalue weighted by atomic mass is 127. The largest absolute Gasteiger partial charge is 0.373 e. The van der Waals surface area contributed by atoms with Gasteiger partial charge in [0.15, 0.2) is 0 Å². The van der Waals surface area contributed by atoms with Gasteiger partial charge in [-0.3, -0.25) is 0 Å². The van der Waals surface area contributed by atoms with E-state index in [0.29, 0.717) is 11.8 Å². The Balaban J connectivity index is 1.92. The van der Waals surface area contributed by atoms with Gasteiger partial charge in [-0.15, -0.1) is 0 Å². The molecule has 1 aliphatic heterocycles. The lowest BCUT2D eigenvalue weighted by Gasteiger charge is -2.20. The lowest BCUT2D eigenvalue weighted by Crippen LogP contribution is -2.27. The molecule has 1 heterocycles. The molecule has 0 aliphatic carbocycles. The number of hydrogen-bond donors (Lipinski definition) is 1. The SMILES string of the molecule is CC(C)CNCC1CCOC1c1ccc(I)cc1. The van der Waals surface area contributed by atoms with Gasteiger partial charge < -0.3 is 10.1 Å². The zero-order valence-corrected chi connectivity index (χ0v) is 13.3. The summed E-state index contributed by atoms with van der Waals surface area (Å²) >= 11 is 2.34. The minimum absolute atomic E-state index is 0.279. The monoisotopic (exact) mass is 359 g/mol. The first kappa shape index (κ1) is 14.3.